The molecule has 1 aliphatic heterocycles. The number of terminal acetylenes is 1. The van der Waals surface area contributed by atoms with Crippen LogP contribution in [0, 0.1) is 12.3 Å². The first-order valence-corrected chi connectivity index (χ1v) is 16.2. The van der Waals surface area contributed by atoms with E-state index in [4.69, 9.17) is 6.42 Å². The second-order valence-corrected chi connectivity index (χ2v) is 13.5. The minimum Gasteiger partial charge on any atom is -0.390 e. The fraction of sp³-hybridized carbons (Fsp3) is 0.469. The van der Waals surface area contributed by atoms with Crippen molar-refractivity contribution >= 4 is 32.5 Å². The number of hydrogen-bond acceptors (Lipinski definition) is 5. The molecule has 2 aromatic carbocycles. The van der Waals surface area contributed by atoms with Crippen LogP contribution in [0.1, 0.15) is 60.5 Å². The first-order chi connectivity index (χ1) is 19.7. The van der Waals surface area contributed by atoms with E-state index in [1.54, 1.807) is 13.1 Å². The van der Waals surface area contributed by atoms with Gasteiger partial charge in [0.15, 0.2) is 0 Å². The summed E-state index contributed by atoms with van der Waals surface area (Å²) in [5.74, 6) is 2.57. The van der Waals surface area contributed by atoms with E-state index in [2.05, 4.69) is 21.1 Å². The van der Waals surface area contributed by atoms with Crippen LogP contribution in [0.25, 0.3) is 10.9 Å². The summed E-state index contributed by atoms with van der Waals surface area (Å²) in [6.07, 6.45) is 12.8. The average Bonchev–Trinajstić information content (AvgIpc) is 3.32. The quantitative estimate of drug-likeness (QED) is 0.338. The second-order valence-electron chi connectivity index (χ2n) is 11.4. The van der Waals surface area contributed by atoms with Gasteiger partial charge in [0, 0.05) is 37.3 Å². The molecular weight excluding hydrogens is 536 g/mol. The van der Waals surface area contributed by atoms with Crippen molar-refractivity contribution in [1.29, 1.82) is 0 Å². The van der Waals surface area contributed by atoms with E-state index in [0.717, 1.165) is 54.1 Å². The number of aliphatic hydroxyl groups excluding tert-OH is 1. The Labute approximate surface area is 243 Å². The second kappa shape index (κ2) is 11.9. The Bertz CT molecular complexity index is 1550. The van der Waals surface area contributed by atoms with Crippen LogP contribution >= 0.6 is 0 Å². The zero-order chi connectivity index (χ0) is 29.2. The lowest BCUT2D eigenvalue weighted by molar-refractivity contribution is 0.0810. The Hall–Kier alpha value is -3.32. The van der Waals surface area contributed by atoms with Gasteiger partial charge in [-0.1, -0.05) is 55.5 Å². The summed E-state index contributed by atoms with van der Waals surface area (Å²) in [6, 6.07) is 12.6. The first kappa shape index (κ1) is 29.2. The Kier molecular flexibility index (Phi) is 8.46. The van der Waals surface area contributed by atoms with E-state index in [1.165, 1.54) is 4.31 Å². The third kappa shape index (κ3) is 6.01. The van der Waals surface area contributed by atoms with E-state index in [9.17, 15) is 18.3 Å². The summed E-state index contributed by atoms with van der Waals surface area (Å²) in [5, 5.41) is 18.8. The van der Waals surface area contributed by atoms with E-state index in [1.807, 2.05) is 49.5 Å². The van der Waals surface area contributed by atoms with Crippen molar-refractivity contribution in [3.63, 3.8) is 0 Å². The van der Waals surface area contributed by atoms with Gasteiger partial charge in [-0.3, -0.25) is 14.4 Å². The van der Waals surface area contributed by atoms with Crippen LogP contribution in [-0.2, 0) is 29.4 Å². The highest BCUT2D eigenvalue weighted by molar-refractivity contribution is 7.92. The Morgan fingerprint density at radius 2 is 1.90 bits per heavy atom. The largest absolute Gasteiger partial charge is 0.390 e. The van der Waals surface area contributed by atoms with Crippen LogP contribution in [0.15, 0.2) is 48.7 Å². The molecule has 0 unspecified atom stereocenters. The van der Waals surface area contributed by atoms with E-state index < -0.39 is 27.7 Å². The lowest BCUT2D eigenvalue weighted by atomic mass is 9.82. The number of hydrogen-bond donors (Lipinski definition) is 3. The van der Waals surface area contributed by atoms with Crippen molar-refractivity contribution in [2.75, 3.05) is 23.7 Å². The molecule has 1 aromatic heterocycles. The third-order valence-corrected chi connectivity index (χ3v) is 10.5. The monoisotopic (exact) mass is 576 g/mol. The highest BCUT2D eigenvalue weighted by Crippen LogP contribution is 2.37. The van der Waals surface area contributed by atoms with Gasteiger partial charge in [0.25, 0.3) is 5.91 Å². The molecule has 218 valence electrons. The summed E-state index contributed by atoms with van der Waals surface area (Å²) in [6.45, 7) is 2.96. The summed E-state index contributed by atoms with van der Waals surface area (Å²) in [4.78, 5) is 13.8. The fourth-order valence-electron chi connectivity index (χ4n) is 6.22. The molecule has 2 atom stereocenters. The fourth-order valence-corrected chi connectivity index (χ4v) is 7.41. The molecule has 1 aliphatic carbocycles. The Balaban J connectivity index is 1.45. The SMILES string of the molecule is C#CC1(NC[C@@H](O)[C@H](Cc2ccccc2)NC(=O)c2cc3c4c(cn(CC)c4c2)CCS(=O)(=O)N3C)CCCCC1. The molecule has 9 heteroatoms. The highest BCUT2D eigenvalue weighted by Gasteiger charge is 2.33. The normalized spacial score (nSPS) is 19.2. The predicted molar refractivity (Wildman–Crippen MR) is 164 cm³/mol. The molecule has 3 N–H and O–H groups in total. The molecule has 0 radical (unpaired) electrons. The number of aryl methyl sites for hydroxylation is 2. The summed E-state index contributed by atoms with van der Waals surface area (Å²) < 4.78 is 29.2. The maximum atomic E-state index is 13.8. The van der Waals surface area contributed by atoms with E-state index in [0.29, 0.717) is 30.6 Å². The molecule has 2 aliphatic rings. The number of nitrogens with one attached hydrogen (secondary N) is 2. The van der Waals surface area contributed by atoms with Crippen LogP contribution in [0.3, 0.4) is 0 Å². The maximum absolute atomic E-state index is 13.8. The van der Waals surface area contributed by atoms with E-state index >= 15 is 0 Å². The zero-order valence-corrected chi connectivity index (χ0v) is 24.7. The predicted octanol–water partition coefficient (Wildman–Crippen LogP) is 3.61. The van der Waals surface area contributed by atoms with Crippen molar-refractivity contribution in [3.05, 3.63) is 65.4 Å². The van der Waals surface area contributed by atoms with Gasteiger partial charge < -0.3 is 15.0 Å². The Morgan fingerprint density at radius 3 is 2.59 bits per heavy atom. The lowest BCUT2D eigenvalue weighted by Gasteiger charge is -2.35. The number of amides is 1. The van der Waals surface area contributed by atoms with Gasteiger partial charge in [-0.2, -0.15) is 0 Å². The van der Waals surface area contributed by atoms with Crippen molar-refractivity contribution in [3.8, 4) is 12.3 Å². The van der Waals surface area contributed by atoms with Crippen molar-refractivity contribution in [2.45, 2.75) is 76.1 Å². The lowest BCUT2D eigenvalue weighted by Crippen LogP contribution is -2.54. The van der Waals surface area contributed by atoms with Gasteiger partial charge in [0.05, 0.1) is 34.6 Å². The number of aromatic nitrogens is 1. The van der Waals surface area contributed by atoms with Gasteiger partial charge in [0.2, 0.25) is 10.0 Å². The third-order valence-electron chi connectivity index (χ3n) is 8.74. The molecule has 2 heterocycles. The molecule has 0 saturated heterocycles. The number of rotatable bonds is 9. The molecule has 0 spiro atoms. The molecule has 8 nitrogen and oxygen atoms in total. The molecule has 41 heavy (non-hydrogen) atoms. The van der Waals surface area contributed by atoms with Gasteiger partial charge >= 0.3 is 0 Å². The summed E-state index contributed by atoms with van der Waals surface area (Å²) in [7, 11) is -1.97. The number of carbonyl (C=O) groups excluding carboxylic acids is 1. The van der Waals surface area contributed by atoms with Crippen LogP contribution in [0.2, 0.25) is 0 Å². The van der Waals surface area contributed by atoms with Crippen LogP contribution in [0.4, 0.5) is 5.69 Å². The zero-order valence-electron chi connectivity index (χ0n) is 23.9. The minimum atomic E-state index is -3.52. The minimum absolute atomic E-state index is 0.0139. The molecule has 5 rings (SSSR count). The van der Waals surface area contributed by atoms with E-state index in [-0.39, 0.29) is 18.2 Å². The summed E-state index contributed by atoms with van der Waals surface area (Å²) in [5.41, 5.74) is 3.18. The van der Waals surface area contributed by atoms with Gasteiger partial charge in [-0.15, -0.1) is 6.42 Å². The highest BCUT2D eigenvalue weighted by atomic mass is 32.2. The molecule has 1 saturated carbocycles. The number of sulfonamides is 1. The Morgan fingerprint density at radius 1 is 1.17 bits per heavy atom. The number of β-amino-alcohol motifs (C(OH)–C–C–N with tert-alkyl or cyclic N) is 1. The van der Waals surface area contributed by atoms with Crippen molar-refractivity contribution in [1.82, 2.24) is 15.2 Å². The number of benzene rings is 2. The van der Waals surface area contributed by atoms with Gasteiger partial charge in [-0.25, -0.2) is 8.42 Å². The molecule has 0 bridgehead atoms. The maximum Gasteiger partial charge on any atom is 0.251 e. The summed E-state index contributed by atoms with van der Waals surface area (Å²) >= 11 is 0. The average molecular weight is 577 g/mol. The van der Waals surface area contributed by atoms with Gasteiger partial charge in [-0.05, 0) is 55.9 Å². The number of aliphatic hydroxyl groups is 1. The first-order valence-electron chi connectivity index (χ1n) is 14.5. The number of carbonyl (C=O) groups is 1. The van der Waals surface area contributed by atoms with Crippen molar-refractivity contribution in [2.24, 2.45) is 0 Å². The standard InChI is InChI=1S/C32H40N4O4S/c1-4-32(15-10-7-11-16-32)33-21-29(37)26(18-23-12-8-6-9-13-23)34-31(38)25-19-27-30-24(14-17-41(39,40)35(27)3)22-36(5-2)28(30)20-25/h1,6,8-9,12-13,19-20,22,26,29,33,37H,5,7,10-11,14-18,21H2,2-3H3,(H,34,38)/t26-,29+/m0/s1. The molecule has 1 fully saturated rings. The number of anilines is 1. The van der Waals surface area contributed by atoms with Crippen LogP contribution in [0.5, 0.6) is 0 Å². The number of nitrogens with zero attached hydrogens (tertiary/aromatic N) is 2. The molecule has 1 amide bonds. The molecule has 3 aromatic rings. The smallest absolute Gasteiger partial charge is 0.251 e. The topological polar surface area (TPSA) is 104 Å². The van der Waals surface area contributed by atoms with Crippen LogP contribution in [-0.4, -0.2) is 61.0 Å². The van der Waals surface area contributed by atoms with Crippen molar-refractivity contribution < 1.29 is 18.3 Å². The molecular formula is C32H40N4O4S. The van der Waals surface area contributed by atoms with Gasteiger partial charge in [0.1, 0.15) is 0 Å². The van der Waals surface area contributed by atoms with Crippen LogP contribution < -0.4 is 14.9 Å².